The maximum Gasteiger partial charge on any atom is 0.159 e. The zero-order chi connectivity index (χ0) is 12.3. The Hall–Kier alpha value is -0.920. The van der Waals surface area contributed by atoms with Gasteiger partial charge in [0.15, 0.2) is 5.82 Å². The highest BCUT2D eigenvalue weighted by atomic mass is 79.9. The fourth-order valence-corrected chi connectivity index (χ4v) is 2.60. The summed E-state index contributed by atoms with van der Waals surface area (Å²) in [5.74, 6) is 6.52. The van der Waals surface area contributed by atoms with Gasteiger partial charge in [-0.2, -0.15) is 0 Å². The number of aliphatic hydroxyl groups is 1. The van der Waals surface area contributed by atoms with Crippen LogP contribution in [-0.4, -0.2) is 27.2 Å². The first-order chi connectivity index (χ1) is 8.21. The standard InChI is InChI=1S/C10H16BrN5O/c11-7-8(13-6-14-9(7)16-12)15-10(5-17)3-1-2-4-10/h6,17H,1-5,12H2,(H2,13,14,15,16). The SMILES string of the molecule is NNc1ncnc(NC2(CO)CCCC2)c1Br. The largest absolute Gasteiger partial charge is 0.394 e. The van der Waals surface area contributed by atoms with Crippen LogP contribution in [0.25, 0.3) is 0 Å². The van der Waals surface area contributed by atoms with E-state index in [0.717, 1.165) is 25.7 Å². The Morgan fingerprint density at radius 2 is 2.00 bits per heavy atom. The number of anilines is 2. The third-order valence-corrected chi connectivity index (χ3v) is 3.92. The second-order valence-corrected chi connectivity index (χ2v) is 5.09. The monoisotopic (exact) mass is 301 g/mol. The molecule has 1 aliphatic rings. The number of halogens is 1. The van der Waals surface area contributed by atoms with Crippen molar-refractivity contribution in [1.29, 1.82) is 0 Å². The molecule has 2 rings (SSSR count). The predicted octanol–water partition coefficient (Wildman–Crippen LogP) is 1.24. The predicted molar refractivity (Wildman–Crippen MR) is 69.4 cm³/mol. The molecule has 1 heterocycles. The highest BCUT2D eigenvalue weighted by Crippen LogP contribution is 2.35. The van der Waals surface area contributed by atoms with E-state index in [4.69, 9.17) is 5.84 Å². The third kappa shape index (κ3) is 2.51. The normalized spacial score (nSPS) is 18.1. The Balaban J connectivity index is 2.23. The van der Waals surface area contributed by atoms with Gasteiger partial charge in [-0.1, -0.05) is 12.8 Å². The van der Waals surface area contributed by atoms with Gasteiger partial charge in [-0.05, 0) is 28.8 Å². The molecule has 1 saturated carbocycles. The number of nitrogens with two attached hydrogens (primary N) is 1. The minimum absolute atomic E-state index is 0.106. The van der Waals surface area contributed by atoms with Gasteiger partial charge in [0, 0.05) is 0 Å². The zero-order valence-electron chi connectivity index (χ0n) is 9.41. The second-order valence-electron chi connectivity index (χ2n) is 4.30. The summed E-state index contributed by atoms with van der Waals surface area (Å²) in [6.45, 7) is 0.106. The smallest absolute Gasteiger partial charge is 0.159 e. The van der Waals surface area contributed by atoms with Crippen LogP contribution in [0.3, 0.4) is 0 Å². The quantitative estimate of drug-likeness (QED) is 0.494. The Morgan fingerprint density at radius 1 is 1.35 bits per heavy atom. The van der Waals surface area contributed by atoms with Gasteiger partial charge in [0.1, 0.15) is 16.6 Å². The maximum atomic E-state index is 9.53. The van der Waals surface area contributed by atoms with Gasteiger partial charge in [0.25, 0.3) is 0 Å². The van der Waals surface area contributed by atoms with Gasteiger partial charge in [0.2, 0.25) is 0 Å². The lowest BCUT2D eigenvalue weighted by atomic mass is 9.99. The van der Waals surface area contributed by atoms with Crippen LogP contribution in [0, 0.1) is 0 Å². The molecule has 1 aliphatic carbocycles. The molecule has 0 aromatic carbocycles. The molecular formula is C10H16BrN5O. The molecule has 94 valence electrons. The van der Waals surface area contributed by atoms with Crippen LogP contribution in [0.1, 0.15) is 25.7 Å². The highest BCUT2D eigenvalue weighted by molar-refractivity contribution is 9.10. The van der Waals surface area contributed by atoms with Crippen LogP contribution < -0.4 is 16.6 Å². The molecule has 0 aliphatic heterocycles. The van der Waals surface area contributed by atoms with Crippen molar-refractivity contribution in [3.05, 3.63) is 10.8 Å². The first-order valence-corrected chi connectivity index (χ1v) is 6.36. The van der Waals surface area contributed by atoms with E-state index < -0.39 is 0 Å². The van der Waals surface area contributed by atoms with Crippen molar-refractivity contribution in [1.82, 2.24) is 9.97 Å². The molecule has 0 bridgehead atoms. The maximum absolute atomic E-state index is 9.53. The molecule has 1 fully saturated rings. The average Bonchev–Trinajstić information content (AvgIpc) is 2.81. The Bertz CT molecular complexity index is 394. The summed E-state index contributed by atoms with van der Waals surface area (Å²) in [5.41, 5.74) is 2.23. The van der Waals surface area contributed by atoms with Gasteiger partial charge in [-0.25, -0.2) is 15.8 Å². The van der Waals surface area contributed by atoms with Crippen LogP contribution >= 0.6 is 15.9 Å². The number of hydrogen-bond acceptors (Lipinski definition) is 6. The summed E-state index contributed by atoms with van der Waals surface area (Å²) in [4.78, 5) is 8.15. The Morgan fingerprint density at radius 3 is 2.59 bits per heavy atom. The van der Waals surface area contributed by atoms with Gasteiger partial charge < -0.3 is 15.8 Å². The topological polar surface area (TPSA) is 96.1 Å². The first-order valence-electron chi connectivity index (χ1n) is 5.57. The Kier molecular flexibility index (Phi) is 3.80. The van der Waals surface area contributed by atoms with E-state index >= 15 is 0 Å². The summed E-state index contributed by atoms with van der Waals surface area (Å²) in [7, 11) is 0. The lowest BCUT2D eigenvalue weighted by Crippen LogP contribution is -2.39. The van der Waals surface area contributed by atoms with Crippen molar-refractivity contribution in [3.63, 3.8) is 0 Å². The number of aliphatic hydroxyl groups excluding tert-OH is 1. The zero-order valence-corrected chi connectivity index (χ0v) is 11.0. The minimum atomic E-state index is -0.261. The van der Waals surface area contributed by atoms with Crippen molar-refractivity contribution >= 4 is 27.6 Å². The fraction of sp³-hybridized carbons (Fsp3) is 0.600. The molecule has 17 heavy (non-hydrogen) atoms. The summed E-state index contributed by atoms with van der Waals surface area (Å²) in [6, 6.07) is 0. The minimum Gasteiger partial charge on any atom is -0.394 e. The number of hydrogen-bond donors (Lipinski definition) is 4. The number of hydrazine groups is 1. The first kappa shape index (κ1) is 12.5. The molecule has 0 radical (unpaired) electrons. The van der Waals surface area contributed by atoms with Gasteiger partial charge in [-0.3, -0.25) is 0 Å². The van der Waals surface area contributed by atoms with Crippen LogP contribution in [0.15, 0.2) is 10.8 Å². The molecule has 5 N–H and O–H groups in total. The molecule has 7 heteroatoms. The fourth-order valence-electron chi connectivity index (χ4n) is 2.18. The van der Waals surface area contributed by atoms with Crippen LogP contribution in [0.5, 0.6) is 0 Å². The van der Waals surface area contributed by atoms with E-state index in [-0.39, 0.29) is 12.1 Å². The van der Waals surface area contributed by atoms with Crippen LogP contribution in [-0.2, 0) is 0 Å². The number of aromatic nitrogens is 2. The number of nitrogens with zero attached hydrogens (tertiary/aromatic N) is 2. The summed E-state index contributed by atoms with van der Waals surface area (Å²) in [6.07, 6.45) is 5.58. The molecule has 0 atom stereocenters. The summed E-state index contributed by atoms with van der Waals surface area (Å²) < 4.78 is 0.683. The Labute approximate surface area is 108 Å². The summed E-state index contributed by atoms with van der Waals surface area (Å²) >= 11 is 3.39. The van der Waals surface area contributed by atoms with E-state index in [0.29, 0.717) is 16.1 Å². The van der Waals surface area contributed by atoms with Crippen molar-refractivity contribution < 1.29 is 5.11 Å². The summed E-state index contributed by atoms with van der Waals surface area (Å²) in [5, 5.41) is 12.8. The second kappa shape index (κ2) is 5.16. The van der Waals surface area contributed by atoms with E-state index in [9.17, 15) is 5.11 Å². The van der Waals surface area contributed by atoms with Crippen LogP contribution in [0.4, 0.5) is 11.6 Å². The molecule has 0 amide bonds. The molecule has 0 spiro atoms. The number of rotatable bonds is 4. The lowest BCUT2D eigenvalue weighted by Gasteiger charge is -2.29. The van der Waals surface area contributed by atoms with E-state index in [2.05, 4.69) is 36.6 Å². The third-order valence-electron chi connectivity index (χ3n) is 3.17. The van der Waals surface area contributed by atoms with Crippen LogP contribution in [0.2, 0.25) is 0 Å². The van der Waals surface area contributed by atoms with Crippen molar-refractivity contribution in [2.24, 2.45) is 5.84 Å². The van der Waals surface area contributed by atoms with Crippen molar-refractivity contribution in [2.45, 2.75) is 31.2 Å². The molecule has 0 saturated heterocycles. The molecule has 1 aromatic heterocycles. The van der Waals surface area contributed by atoms with E-state index in [1.54, 1.807) is 0 Å². The number of nitrogens with one attached hydrogen (secondary N) is 2. The molecule has 6 nitrogen and oxygen atoms in total. The number of nitrogen functional groups attached to an aromatic ring is 1. The van der Waals surface area contributed by atoms with Gasteiger partial charge in [0.05, 0.1) is 12.1 Å². The van der Waals surface area contributed by atoms with E-state index in [1.807, 2.05) is 0 Å². The lowest BCUT2D eigenvalue weighted by molar-refractivity contribution is 0.213. The molecular weight excluding hydrogens is 286 g/mol. The van der Waals surface area contributed by atoms with Crippen molar-refractivity contribution in [3.8, 4) is 0 Å². The molecule has 0 unspecified atom stereocenters. The van der Waals surface area contributed by atoms with Gasteiger partial charge in [-0.15, -0.1) is 0 Å². The average molecular weight is 302 g/mol. The molecule has 1 aromatic rings. The van der Waals surface area contributed by atoms with E-state index in [1.165, 1.54) is 6.33 Å². The highest BCUT2D eigenvalue weighted by Gasteiger charge is 2.34. The van der Waals surface area contributed by atoms with Crippen molar-refractivity contribution in [2.75, 3.05) is 17.3 Å². The van der Waals surface area contributed by atoms with Gasteiger partial charge >= 0.3 is 0 Å².